The largest absolute Gasteiger partial charge is 0.508 e. The molecule has 1 rings (SSSR count). The molecule has 4 nitrogen and oxygen atoms in total. The van der Waals surface area contributed by atoms with Gasteiger partial charge in [-0.3, -0.25) is 0 Å². The summed E-state index contributed by atoms with van der Waals surface area (Å²) in [6.07, 6.45) is -0.761. The van der Waals surface area contributed by atoms with Gasteiger partial charge in [0.05, 0.1) is 7.11 Å². The second-order valence-electron chi connectivity index (χ2n) is 2.37. The average Bonchev–Trinajstić information content (AvgIpc) is 2.16. The van der Waals surface area contributed by atoms with Gasteiger partial charge in [-0.15, -0.1) is 0 Å². The minimum Gasteiger partial charge on any atom is -0.508 e. The van der Waals surface area contributed by atoms with Crippen molar-refractivity contribution in [2.45, 2.75) is 6.61 Å². The Labute approximate surface area is 75.7 Å². The summed E-state index contributed by atoms with van der Waals surface area (Å²) in [6, 6.07) is 6.63. The van der Waals surface area contributed by atoms with Gasteiger partial charge in [0.2, 0.25) is 0 Å². The number of hydrogen-bond donors (Lipinski definition) is 1. The number of para-hydroxylation sites is 1. The van der Waals surface area contributed by atoms with E-state index < -0.39 is 6.16 Å². The Hall–Kier alpha value is -1.71. The standard InChI is InChI=1S/C9H10O4/c1-12-9(11)13-6-7-4-2-3-5-8(7)10/h2-5,10H,6H2,1H3. The van der Waals surface area contributed by atoms with Crippen LogP contribution in [0, 0.1) is 0 Å². The second-order valence-corrected chi connectivity index (χ2v) is 2.37. The molecule has 0 aliphatic heterocycles. The fourth-order valence-corrected chi connectivity index (χ4v) is 0.828. The molecule has 0 radical (unpaired) electrons. The predicted molar refractivity (Wildman–Crippen MR) is 45.3 cm³/mol. The molecular weight excluding hydrogens is 172 g/mol. The van der Waals surface area contributed by atoms with Gasteiger partial charge in [0.25, 0.3) is 0 Å². The van der Waals surface area contributed by atoms with Gasteiger partial charge in [0.15, 0.2) is 0 Å². The first-order valence-corrected chi connectivity index (χ1v) is 3.71. The molecule has 0 amide bonds. The van der Waals surface area contributed by atoms with E-state index in [2.05, 4.69) is 9.47 Å². The third-order valence-corrected chi connectivity index (χ3v) is 1.50. The summed E-state index contributed by atoms with van der Waals surface area (Å²) < 4.78 is 8.91. The maximum atomic E-state index is 10.6. The van der Waals surface area contributed by atoms with Crippen LogP contribution in [-0.2, 0) is 16.1 Å². The van der Waals surface area contributed by atoms with Crippen molar-refractivity contribution < 1.29 is 19.4 Å². The first kappa shape index (κ1) is 9.38. The van der Waals surface area contributed by atoms with Crippen molar-refractivity contribution in [3.63, 3.8) is 0 Å². The molecule has 1 aromatic carbocycles. The number of aromatic hydroxyl groups is 1. The van der Waals surface area contributed by atoms with Gasteiger partial charge in [-0.2, -0.15) is 0 Å². The molecule has 13 heavy (non-hydrogen) atoms. The summed E-state index contributed by atoms with van der Waals surface area (Å²) >= 11 is 0. The summed E-state index contributed by atoms with van der Waals surface area (Å²) in [5.41, 5.74) is 0.549. The molecule has 0 atom stereocenters. The van der Waals surface area contributed by atoms with Crippen molar-refractivity contribution in [2.24, 2.45) is 0 Å². The zero-order chi connectivity index (χ0) is 9.68. The summed E-state index contributed by atoms with van der Waals surface area (Å²) in [5.74, 6) is 0.103. The number of methoxy groups -OCH3 is 1. The zero-order valence-corrected chi connectivity index (χ0v) is 7.19. The Kier molecular flexibility index (Phi) is 3.14. The first-order chi connectivity index (χ1) is 6.24. The normalized spacial score (nSPS) is 9.31. The number of benzene rings is 1. The summed E-state index contributed by atoms with van der Waals surface area (Å²) in [4.78, 5) is 10.6. The molecule has 1 N–H and O–H groups in total. The van der Waals surface area contributed by atoms with E-state index in [0.717, 1.165) is 0 Å². The van der Waals surface area contributed by atoms with Gasteiger partial charge in [0, 0.05) is 5.56 Å². The molecule has 0 bridgehead atoms. The lowest BCUT2D eigenvalue weighted by Crippen LogP contribution is -2.03. The third kappa shape index (κ3) is 2.66. The van der Waals surface area contributed by atoms with Crippen LogP contribution in [0.2, 0.25) is 0 Å². The van der Waals surface area contributed by atoms with E-state index in [-0.39, 0.29) is 12.4 Å². The monoisotopic (exact) mass is 182 g/mol. The molecule has 0 saturated heterocycles. The number of carbonyl (C=O) groups is 1. The lowest BCUT2D eigenvalue weighted by molar-refractivity contribution is 0.0664. The predicted octanol–water partition coefficient (Wildman–Crippen LogP) is 1.68. The Morgan fingerprint density at radius 1 is 1.46 bits per heavy atom. The minimum atomic E-state index is -0.761. The second kappa shape index (κ2) is 4.35. The van der Waals surface area contributed by atoms with E-state index in [1.165, 1.54) is 13.2 Å². The molecule has 1 aromatic rings. The third-order valence-electron chi connectivity index (χ3n) is 1.50. The molecule has 70 valence electrons. The number of rotatable bonds is 2. The fraction of sp³-hybridized carbons (Fsp3) is 0.222. The zero-order valence-electron chi connectivity index (χ0n) is 7.19. The Bertz CT molecular complexity index is 295. The summed E-state index contributed by atoms with van der Waals surface area (Å²) in [7, 11) is 1.23. The van der Waals surface area contributed by atoms with Crippen molar-refractivity contribution in [3.8, 4) is 5.75 Å². The highest BCUT2D eigenvalue weighted by Gasteiger charge is 2.03. The van der Waals surface area contributed by atoms with Gasteiger partial charge >= 0.3 is 6.16 Å². The Morgan fingerprint density at radius 3 is 2.77 bits per heavy atom. The number of hydrogen-bond acceptors (Lipinski definition) is 4. The van der Waals surface area contributed by atoms with Gasteiger partial charge in [0.1, 0.15) is 12.4 Å². The Balaban J connectivity index is 2.54. The van der Waals surface area contributed by atoms with Crippen LogP contribution in [0.1, 0.15) is 5.56 Å². The van der Waals surface area contributed by atoms with Crippen molar-refractivity contribution in [1.29, 1.82) is 0 Å². The van der Waals surface area contributed by atoms with Gasteiger partial charge in [-0.1, -0.05) is 18.2 Å². The van der Waals surface area contributed by atoms with Gasteiger partial charge < -0.3 is 14.6 Å². The molecular formula is C9H10O4. The van der Waals surface area contributed by atoms with Crippen molar-refractivity contribution in [2.75, 3.05) is 7.11 Å². The molecule has 0 aromatic heterocycles. The van der Waals surface area contributed by atoms with Crippen LogP contribution in [0.5, 0.6) is 5.75 Å². The highest BCUT2D eigenvalue weighted by molar-refractivity contribution is 5.59. The smallest absolute Gasteiger partial charge is 0.508 e. The number of ether oxygens (including phenoxy) is 2. The highest BCUT2D eigenvalue weighted by atomic mass is 16.7. The van der Waals surface area contributed by atoms with E-state index in [4.69, 9.17) is 0 Å². The van der Waals surface area contributed by atoms with Crippen LogP contribution in [0.15, 0.2) is 24.3 Å². The first-order valence-electron chi connectivity index (χ1n) is 3.71. The molecule has 0 aliphatic rings. The van der Waals surface area contributed by atoms with Crippen LogP contribution >= 0.6 is 0 Å². The lowest BCUT2D eigenvalue weighted by Gasteiger charge is -2.04. The van der Waals surface area contributed by atoms with Crippen LogP contribution in [0.4, 0.5) is 4.79 Å². The van der Waals surface area contributed by atoms with Crippen molar-refractivity contribution >= 4 is 6.16 Å². The molecule has 0 heterocycles. The van der Waals surface area contributed by atoms with Crippen LogP contribution in [0.25, 0.3) is 0 Å². The maximum Gasteiger partial charge on any atom is 0.508 e. The van der Waals surface area contributed by atoms with Crippen LogP contribution < -0.4 is 0 Å². The highest BCUT2D eigenvalue weighted by Crippen LogP contribution is 2.16. The number of phenols is 1. The molecule has 0 fully saturated rings. The van der Waals surface area contributed by atoms with E-state index in [0.29, 0.717) is 5.56 Å². The topological polar surface area (TPSA) is 55.8 Å². The fourth-order valence-electron chi connectivity index (χ4n) is 0.828. The van der Waals surface area contributed by atoms with Crippen molar-refractivity contribution in [1.82, 2.24) is 0 Å². The molecule has 0 spiro atoms. The minimum absolute atomic E-state index is 0.0132. The molecule has 4 heteroatoms. The van der Waals surface area contributed by atoms with E-state index >= 15 is 0 Å². The Morgan fingerprint density at radius 2 is 2.15 bits per heavy atom. The SMILES string of the molecule is COC(=O)OCc1ccccc1O. The average molecular weight is 182 g/mol. The molecule has 0 aliphatic carbocycles. The van der Waals surface area contributed by atoms with Crippen molar-refractivity contribution in [3.05, 3.63) is 29.8 Å². The van der Waals surface area contributed by atoms with E-state index in [9.17, 15) is 9.90 Å². The lowest BCUT2D eigenvalue weighted by atomic mass is 10.2. The maximum absolute atomic E-state index is 10.6. The number of carbonyl (C=O) groups excluding carboxylic acids is 1. The van der Waals surface area contributed by atoms with Gasteiger partial charge in [-0.05, 0) is 6.07 Å². The van der Waals surface area contributed by atoms with Crippen LogP contribution in [-0.4, -0.2) is 18.4 Å². The summed E-state index contributed by atoms with van der Waals surface area (Å²) in [5, 5.41) is 9.26. The van der Waals surface area contributed by atoms with E-state index in [1.54, 1.807) is 18.2 Å². The summed E-state index contributed by atoms with van der Waals surface area (Å²) in [6.45, 7) is 0.0132. The quantitative estimate of drug-likeness (QED) is 0.707. The molecule has 0 unspecified atom stereocenters. The van der Waals surface area contributed by atoms with Gasteiger partial charge in [-0.25, -0.2) is 4.79 Å². The molecule has 0 saturated carbocycles. The van der Waals surface area contributed by atoms with E-state index in [1.807, 2.05) is 0 Å². The van der Waals surface area contributed by atoms with Crippen LogP contribution in [0.3, 0.4) is 0 Å². The number of phenolic OH excluding ortho intramolecular Hbond substituents is 1.